The lowest BCUT2D eigenvalue weighted by Crippen LogP contribution is -2.23. The highest BCUT2D eigenvalue weighted by molar-refractivity contribution is 6.32. The average Bonchev–Trinajstić information content (AvgIpc) is 2.95. The van der Waals surface area contributed by atoms with Crippen molar-refractivity contribution in [3.63, 3.8) is 0 Å². The molecule has 1 aromatic carbocycles. The fourth-order valence-electron chi connectivity index (χ4n) is 3.31. The number of halogens is 1. The van der Waals surface area contributed by atoms with Gasteiger partial charge >= 0.3 is 0 Å². The van der Waals surface area contributed by atoms with Gasteiger partial charge in [-0.25, -0.2) is 0 Å². The molecule has 29 heavy (non-hydrogen) atoms. The van der Waals surface area contributed by atoms with Crippen LogP contribution in [0.15, 0.2) is 35.3 Å². The molecular formula is C18H18ClN7O3. The normalized spacial score (nSPS) is 13.6. The Morgan fingerprint density at radius 2 is 1.97 bits per heavy atom. The molecule has 3 aromatic rings. The zero-order chi connectivity index (χ0) is 20.4. The molecule has 11 heteroatoms. The molecular weight excluding hydrogens is 398 g/mol. The van der Waals surface area contributed by atoms with Crippen molar-refractivity contribution in [1.29, 1.82) is 0 Å². The molecule has 0 saturated carbocycles. The molecule has 0 atom stereocenters. The molecule has 1 aliphatic rings. The molecule has 0 fully saturated rings. The molecule has 0 saturated heterocycles. The van der Waals surface area contributed by atoms with Crippen LogP contribution in [0.1, 0.15) is 30.9 Å². The van der Waals surface area contributed by atoms with Crippen molar-refractivity contribution in [2.45, 2.75) is 38.8 Å². The fraction of sp³-hybridized carbons (Fsp3) is 0.333. The average molecular weight is 416 g/mol. The third-order valence-electron chi connectivity index (χ3n) is 4.85. The molecule has 0 amide bonds. The maximum Gasteiger partial charge on any atom is 0.292 e. The van der Waals surface area contributed by atoms with Crippen molar-refractivity contribution in [2.75, 3.05) is 5.32 Å². The SMILES string of the molecule is O=c1c(Cl)c(NCc2nnc3n2CCCCC3)cnn1-c1ccc([N+](=O)[O-])cc1. The van der Waals surface area contributed by atoms with Crippen LogP contribution >= 0.6 is 11.6 Å². The van der Waals surface area contributed by atoms with Crippen LogP contribution in [0.25, 0.3) is 5.69 Å². The zero-order valence-electron chi connectivity index (χ0n) is 15.4. The first-order valence-corrected chi connectivity index (χ1v) is 9.60. The van der Waals surface area contributed by atoms with Crippen molar-refractivity contribution in [3.05, 3.63) is 67.6 Å². The van der Waals surface area contributed by atoms with Crippen molar-refractivity contribution in [1.82, 2.24) is 24.5 Å². The number of aromatic nitrogens is 5. The lowest BCUT2D eigenvalue weighted by Gasteiger charge is -2.11. The Bertz CT molecular complexity index is 1110. The van der Waals surface area contributed by atoms with E-state index in [0.29, 0.717) is 17.9 Å². The van der Waals surface area contributed by atoms with E-state index in [1.54, 1.807) is 0 Å². The van der Waals surface area contributed by atoms with Gasteiger partial charge in [-0.15, -0.1) is 10.2 Å². The number of nitrogens with one attached hydrogen (secondary N) is 1. The second kappa shape index (κ2) is 8.00. The van der Waals surface area contributed by atoms with E-state index in [-0.39, 0.29) is 10.7 Å². The Morgan fingerprint density at radius 1 is 1.17 bits per heavy atom. The molecule has 0 spiro atoms. The van der Waals surface area contributed by atoms with Crippen LogP contribution in [0.3, 0.4) is 0 Å². The summed E-state index contributed by atoms with van der Waals surface area (Å²) < 4.78 is 3.21. The number of nitro benzene ring substituents is 1. The molecule has 0 aliphatic carbocycles. The van der Waals surface area contributed by atoms with E-state index in [0.717, 1.165) is 42.1 Å². The molecule has 1 aliphatic heterocycles. The van der Waals surface area contributed by atoms with Gasteiger partial charge in [0.15, 0.2) is 5.82 Å². The number of aryl methyl sites for hydroxylation is 1. The van der Waals surface area contributed by atoms with Gasteiger partial charge in [0.1, 0.15) is 10.8 Å². The van der Waals surface area contributed by atoms with Gasteiger partial charge in [0.05, 0.1) is 29.0 Å². The number of hydrogen-bond donors (Lipinski definition) is 1. The Labute approximate surface area is 170 Å². The largest absolute Gasteiger partial charge is 0.375 e. The summed E-state index contributed by atoms with van der Waals surface area (Å²) in [6.07, 6.45) is 5.74. The van der Waals surface area contributed by atoms with Gasteiger partial charge in [0.25, 0.3) is 11.2 Å². The summed E-state index contributed by atoms with van der Waals surface area (Å²) >= 11 is 6.25. The van der Waals surface area contributed by atoms with Gasteiger partial charge in [-0.3, -0.25) is 14.9 Å². The Hall–Kier alpha value is -3.27. The summed E-state index contributed by atoms with van der Waals surface area (Å²) in [7, 11) is 0. The van der Waals surface area contributed by atoms with Gasteiger partial charge in [-0.2, -0.15) is 9.78 Å². The van der Waals surface area contributed by atoms with Gasteiger partial charge in [0.2, 0.25) is 0 Å². The second-order valence-corrected chi connectivity index (χ2v) is 7.09. The van der Waals surface area contributed by atoms with Gasteiger partial charge in [-0.05, 0) is 25.0 Å². The van der Waals surface area contributed by atoms with Crippen molar-refractivity contribution in [3.8, 4) is 5.69 Å². The van der Waals surface area contributed by atoms with E-state index >= 15 is 0 Å². The number of nitro groups is 1. The number of fused-ring (bicyclic) bond motifs is 1. The van der Waals surface area contributed by atoms with E-state index in [1.807, 2.05) is 0 Å². The fourth-order valence-corrected chi connectivity index (χ4v) is 3.50. The topological polar surface area (TPSA) is 121 Å². The van der Waals surface area contributed by atoms with Crippen LogP contribution < -0.4 is 10.9 Å². The number of rotatable bonds is 5. The minimum Gasteiger partial charge on any atom is -0.375 e. The first-order valence-electron chi connectivity index (χ1n) is 9.22. The smallest absolute Gasteiger partial charge is 0.292 e. The molecule has 1 N–H and O–H groups in total. The van der Waals surface area contributed by atoms with Crippen molar-refractivity contribution in [2.24, 2.45) is 0 Å². The van der Waals surface area contributed by atoms with Gasteiger partial charge in [-0.1, -0.05) is 18.0 Å². The summed E-state index contributed by atoms with van der Waals surface area (Å²) in [5.74, 6) is 1.77. The number of non-ortho nitro benzene ring substituents is 1. The zero-order valence-corrected chi connectivity index (χ0v) is 16.2. The van der Waals surface area contributed by atoms with E-state index < -0.39 is 10.5 Å². The molecule has 0 radical (unpaired) electrons. The number of hydrogen-bond acceptors (Lipinski definition) is 7. The van der Waals surface area contributed by atoms with Gasteiger partial charge < -0.3 is 9.88 Å². The van der Waals surface area contributed by atoms with Crippen LogP contribution in [-0.4, -0.2) is 29.5 Å². The van der Waals surface area contributed by atoms with Crippen LogP contribution in [0.4, 0.5) is 11.4 Å². The first-order chi connectivity index (χ1) is 14.0. The number of nitrogens with zero attached hydrogens (tertiary/aromatic N) is 6. The minimum absolute atomic E-state index is 0.0195. The maximum absolute atomic E-state index is 12.6. The predicted molar refractivity (Wildman–Crippen MR) is 106 cm³/mol. The number of anilines is 1. The van der Waals surface area contributed by atoms with Gasteiger partial charge in [0, 0.05) is 25.1 Å². The molecule has 10 nitrogen and oxygen atoms in total. The van der Waals surface area contributed by atoms with Crippen molar-refractivity contribution >= 4 is 23.0 Å². The van der Waals surface area contributed by atoms with Crippen LogP contribution in [-0.2, 0) is 19.5 Å². The standard InChI is InChI=1S/C18H18ClN7O3/c19-17-14(20-11-16-23-22-15-4-2-1-3-9-24(15)16)10-21-25(18(17)27)12-5-7-13(8-6-12)26(28)29/h5-8,10,20H,1-4,9,11H2. The second-order valence-electron chi connectivity index (χ2n) is 6.71. The third-order valence-corrected chi connectivity index (χ3v) is 5.21. The lowest BCUT2D eigenvalue weighted by atomic mass is 10.2. The highest BCUT2D eigenvalue weighted by Crippen LogP contribution is 2.20. The summed E-state index contributed by atoms with van der Waals surface area (Å²) in [6.45, 7) is 1.25. The quantitative estimate of drug-likeness (QED) is 0.502. The highest BCUT2D eigenvalue weighted by Gasteiger charge is 2.16. The third kappa shape index (κ3) is 3.83. The Morgan fingerprint density at radius 3 is 2.72 bits per heavy atom. The van der Waals surface area contributed by atoms with E-state index in [1.165, 1.54) is 36.9 Å². The monoisotopic (exact) mass is 415 g/mol. The molecule has 150 valence electrons. The lowest BCUT2D eigenvalue weighted by molar-refractivity contribution is -0.384. The highest BCUT2D eigenvalue weighted by atomic mass is 35.5. The van der Waals surface area contributed by atoms with Crippen LogP contribution in [0.2, 0.25) is 5.02 Å². The molecule has 0 bridgehead atoms. The minimum atomic E-state index is -0.523. The van der Waals surface area contributed by atoms with E-state index in [2.05, 4.69) is 25.2 Å². The number of benzene rings is 1. The van der Waals surface area contributed by atoms with E-state index in [4.69, 9.17) is 11.6 Å². The van der Waals surface area contributed by atoms with Crippen LogP contribution in [0, 0.1) is 10.1 Å². The van der Waals surface area contributed by atoms with Crippen molar-refractivity contribution < 1.29 is 4.92 Å². The summed E-state index contributed by atoms with van der Waals surface area (Å²) in [4.78, 5) is 22.9. The first kappa shape index (κ1) is 19.1. The predicted octanol–water partition coefficient (Wildman–Crippen LogP) is 2.72. The molecule has 2 aromatic heterocycles. The molecule has 3 heterocycles. The summed E-state index contributed by atoms with van der Waals surface area (Å²) in [6, 6.07) is 5.50. The Balaban J connectivity index is 1.54. The summed E-state index contributed by atoms with van der Waals surface area (Å²) in [5.41, 5.74) is 0.182. The molecule has 0 unspecified atom stereocenters. The summed E-state index contributed by atoms with van der Waals surface area (Å²) in [5, 5.41) is 26.5. The molecule has 4 rings (SSSR count). The van der Waals surface area contributed by atoms with E-state index in [9.17, 15) is 14.9 Å². The maximum atomic E-state index is 12.6. The Kier molecular flexibility index (Phi) is 5.26. The van der Waals surface area contributed by atoms with Crippen LogP contribution in [0.5, 0.6) is 0 Å².